The summed E-state index contributed by atoms with van der Waals surface area (Å²) < 4.78 is 4.93. The zero-order valence-electron chi connectivity index (χ0n) is 10.7. The van der Waals surface area contributed by atoms with Crippen molar-refractivity contribution in [1.82, 2.24) is 10.2 Å². The number of nitrogens with one attached hydrogen (secondary N) is 1. The number of carbonyl (C=O) groups is 2. The fraction of sp³-hybridized carbons (Fsp3) is 0.833. The van der Waals surface area contributed by atoms with Crippen LogP contribution in [0.3, 0.4) is 0 Å². The molecular formula is C12H22N2O3. The van der Waals surface area contributed by atoms with Gasteiger partial charge in [-0.3, -0.25) is 9.59 Å². The molecule has 0 atom stereocenters. The van der Waals surface area contributed by atoms with Crippen molar-refractivity contribution in [2.45, 2.75) is 26.2 Å². The van der Waals surface area contributed by atoms with Gasteiger partial charge in [0.15, 0.2) is 0 Å². The molecule has 0 radical (unpaired) electrons. The maximum Gasteiger partial charge on any atom is 0.306 e. The first-order valence-corrected chi connectivity index (χ1v) is 6.25. The van der Waals surface area contributed by atoms with E-state index >= 15 is 0 Å². The smallest absolute Gasteiger partial charge is 0.306 e. The minimum absolute atomic E-state index is 0.118. The molecule has 1 aliphatic heterocycles. The fourth-order valence-corrected chi connectivity index (χ4v) is 2.11. The van der Waals surface area contributed by atoms with Crippen LogP contribution in [0.25, 0.3) is 0 Å². The highest BCUT2D eigenvalue weighted by Crippen LogP contribution is 2.20. The number of amides is 1. The number of nitrogens with zero attached hydrogens (tertiary/aromatic N) is 1. The van der Waals surface area contributed by atoms with E-state index in [9.17, 15) is 9.59 Å². The van der Waals surface area contributed by atoms with Crippen LogP contribution in [0, 0.1) is 5.92 Å². The molecule has 1 fully saturated rings. The first kappa shape index (κ1) is 14.0. The second-order valence-corrected chi connectivity index (χ2v) is 4.36. The van der Waals surface area contributed by atoms with Crippen LogP contribution >= 0.6 is 0 Å². The number of likely N-dealkylation sites (tertiary alicyclic amines) is 1. The topological polar surface area (TPSA) is 58.6 Å². The maximum atomic E-state index is 11.6. The van der Waals surface area contributed by atoms with E-state index in [-0.39, 0.29) is 11.9 Å². The molecule has 0 saturated carbocycles. The molecule has 0 aromatic heterocycles. The third-order valence-corrected chi connectivity index (χ3v) is 3.06. The van der Waals surface area contributed by atoms with Crippen molar-refractivity contribution >= 4 is 11.9 Å². The monoisotopic (exact) mass is 242 g/mol. The summed E-state index contributed by atoms with van der Waals surface area (Å²) in [4.78, 5) is 24.8. The van der Waals surface area contributed by atoms with Crippen LogP contribution < -0.4 is 5.32 Å². The first-order chi connectivity index (χ1) is 8.17. The number of hydrogen-bond acceptors (Lipinski definition) is 4. The molecule has 1 N–H and O–H groups in total. The normalized spacial score (nSPS) is 16.9. The summed E-state index contributed by atoms with van der Waals surface area (Å²) >= 11 is 0. The lowest BCUT2D eigenvalue weighted by atomic mass is 9.93. The Bertz CT molecular complexity index is 260. The van der Waals surface area contributed by atoms with Crippen molar-refractivity contribution < 1.29 is 14.3 Å². The Labute approximate surface area is 102 Å². The minimum atomic E-state index is -0.118. The lowest BCUT2D eigenvalue weighted by molar-refractivity contribution is -0.144. The Balaban J connectivity index is 2.26. The lowest BCUT2D eigenvalue weighted by Gasteiger charge is -2.31. The van der Waals surface area contributed by atoms with Crippen molar-refractivity contribution in [3.8, 4) is 0 Å². The van der Waals surface area contributed by atoms with Gasteiger partial charge in [-0.25, -0.2) is 0 Å². The number of esters is 1. The van der Waals surface area contributed by atoms with Gasteiger partial charge in [0.05, 0.1) is 13.2 Å². The third kappa shape index (κ3) is 4.73. The van der Waals surface area contributed by atoms with Crippen molar-refractivity contribution in [2.75, 3.05) is 33.3 Å². The summed E-state index contributed by atoms with van der Waals surface area (Å²) in [6, 6.07) is 0. The summed E-state index contributed by atoms with van der Waals surface area (Å²) in [7, 11) is 1.77. The molecule has 1 aliphatic rings. The van der Waals surface area contributed by atoms with Crippen LogP contribution in [0.2, 0.25) is 0 Å². The first-order valence-electron chi connectivity index (χ1n) is 6.25. The number of hydrogen-bond donors (Lipinski definition) is 1. The van der Waals surface area contributed by atoms with Gasteiger partial charge in [-0.05, 0) is 32.7 Å². The molecule has 0 unspecified atom stereocenters. The van der Waals surface area contributed by atoms with Gasteiger partial charge in [-0.15, -0.1) is 0 Å². The molecular weight excluding hydrogens is 220 g/mol. The number of carbonyl (C=O) groups excluding carboxylic acids is 2. The molecule has 17 heavy (non-hydrogen) atoms. The van der Waals surface area contributed by atoms with E-state index in [0.717, 1.165) is 25.9 Å². The molecule has 0 spiro atoms. The fourth-order valence-electron chi connectivity index (χ4n) is 2.11. The van der Waals surface area contributed by atoms with E-state index in [0.29, 0.717) is 25.5 Å². The van der Waals surface area contributed by atoms with E-state index in [1.165, 1.54) is 0 Å². The van der Waals surface area contributed by atoms with Crippen molar-refractivity contribution in [3.05, 3.63) is 0 Å². The zero-order chi connectivity index (χ0) is 12.7. The Morgan fingerprint density at radius 3 is 2.53 bits per heavy atom. The van der Waals surface area contributed by atoms with Crippen molar-refractivity contribution in [1.29, 1.82) is 0 Å². The second kappa shape index (κ2) is 7.27. The largest absolute Gasteiger partial charge is 0.466 e. The van der Waals surface area contributed by atoms with Gasteiger partial charge in [0.25, 0.3) is 0 Å². The SMILES string of the molecule is CCOC(=O)CC1CCN(C(=O)CNC)CC1. The van der Waals surface area contributed by atoms with Crippen LogP contribution in [-0.2, 0) is 14.3 Å². The molecule has 1 amide bonds. The average Bonchev–Trinajstić information content (AvgIpc) is 2.30. The van der Waals surface area contributed by atoms with Crippen molar-refractivity contribution in [2.24, 2.45) is 5.92 Å². The van der Waals surface area contributed by atoms with Gasteiger partial charge in [-0.1, -0.05) is 0 Å². The van der Waals surface area contributed by atoms with Crippen LogP contribution in [0.1, 0.15) is 26.2 Å². The summed E-state index contributed by atoms with van der Waals surface area (Å²) in [5, 5.41) is 2.86. The Hall–Kier alpha value is -1.10. The highest BCUT2D eigenvalue weighted by atomic mass is 16.5. The van der Waals surface area contributed by atoms with Crippen LogP contribution in [-0.4, -0.2) is 50.1 Å². The summed E-state index contributed by atoms with van der Waals surface area (Å²) in [6.07, 6.45) is 2.28. The molecule has 98 valence electrons. The summed E-state index contributed by atoms with van der Waals surface area (Å²) in [6.45, 7) is 4.16. The highest BCUT2D eigenvalue weighted by molar-refractivity contribution is 5.78. The van der Waals surface area contributed by atoms with Crippen LogP contribution in [0.5, 0.6) is 0 Å². The summed E-state index contributed by atoms with van der Waals surface area (Å²) in [5.41, 5.74) is 0. The number of piperidine rings is 1. The number of likely N-dealkylation sites (N-methyl/N-ethyl adjacent to an activating group) is 1. The molecule has 0 aliphatic carbocycles. The Kier molecular flexibility index (Phi) is 5.97. The number of rotatable bonds is 5. The van der Waals surface area contributed by atoms with E-state index < -0.39 is 0 Å². The minimum Gasteiger partial charge on any atom is -0.466 e. The molecule has 0 aromatic carbocycles. The third-order valence-electron chi connectivity index (χ3n) is 3.06. The molecule has 0 aromatic rings. The van der Waals surface area contributed by atoms with Crippen molar-refractivity contribution in [3.63, 3.8) is 0 Å². The Morgan fingerprint density at radius 1 is 1.35 bits per heavy atom. The maximum absolute atomic E-state index is 11.6. The molecule has 5 nitrogen and oxygen atoms in total. The van der Waals surface area contributed by atoms with E-state index in [1.807, 2.05) is 11.8 Å². The van der Waals surface area contributed by atoms with E-state index in [2.05, 4.69) is 5.32 Å². The molecule has 1 saturated heterocycles. The quantitative estimate of drug-likeness (QED) is 0.709. The van der Waals surface area contributed by atoms with Gasteiger partial charge in [0.2, 0.25) is 5.91 Å². The number of ether oxygens (including phenoxy) is 1. The summed E-state index contributed by atoms with van der Waals surface area (Å²) in [5.74, 6) is 0.391. The molecule has 1 heterocycles. The predicted octanol–water partition coefficient (Wildman–Crippen LogP) is 0.398. The van der Waals surface area contributed by atoms with Gasteiger partial charge in [0, 0.05) is 19.5 Å². The molecule has 5 heteroatoms. The van der Waals surface area contributed by atoms with Gasteiger partial charge in [0.1, 0.15) is 0 Å². The molecule has 0 bridgehead atoms. The average molecular weight is 242 g/mol. The molecule has 1 rings (SSSR count). The highest BCUT2D eigenvalue weighted by Gasteiger charge is 2.24. The predicted molar refractivity (Wildman–Crippen MR) is 64.5 cm³/mol. The lowest BCUT2D eigenvalue weighted by Crippen LogP contribution is -2.42. The van der Waals surface area contributed by atoms with E-state index in [1.54, 1.807) is 7.05 Å². The second-order valence-electron chi connectivity index (χ2n) is 4.36. The van der Waals surface area contributed by atoms with E-state index in [4.69, 9.17) is 4.74 Å². The van der Waals surface area contributed by atoms with Gasteiger partial charge >= 0.3 is 5.97 Å². The standard InChI is InChI=1S/C12H22N2O3/c1-3-17-12(16)8-10-4-6-14(7-5-10)11(15)9-13-2/h10,13H,3-9H2,1-2H3. The van der Waals surface area contributed by atoms with Crippen LogP contribution in [0.15, 0.2) is 0 Å². The Morgan fingerprint density at radius 2 is 2.00 bits per heavy atom. The van der Waals surface area contributed by atoms with Gasteiger partial charge in [-0.2, -0.15) is 0 Å². The zero-order valence-corrected chi connectivity index (χ0v) is 10.7. The van der Waals surface area contributed by atoms with Gasteiger partial charge < -0.3 is 15.0 Å². The van der Waals surface area contributed by atoms with Crippen LogP contribution in [0.4, 0.5) is 0 Å².